The molecule has 0 amide bonds. The molecule has 1 aromatic rings. The van der Waals surface area contributed by atoms with Gasteiger partial charge in [-0.2, -0.15) is 0 Å². The second kappa shape index (κ2) is 2.96. The molecule has 0 aliphatic carbocycles. The Bertz CT molecular complexity index is 270. The van der Waals surface area contributed by atoms with Gasteiger partial charge in [0.15, 0.2) is 11.5 Å². The van der Waals surface area contributed by atoms with Gasteiger partial charge in [-0.05, 0) is 6.07 Å². The van der Waals surface area contributed by atoms with Crippen molar-refractivity contribution in [3.05, 3.63) is 36.8 Å². The highest BCUT2D eigenvalue weighted by Gasteiger charge is 2.09. The van der Waals surface area contributed by atoms with E-state index in [1.54, 1.807) is 6.07 Å². The highest BCUT2D eigenvalue weighted by atomic mass is 79.9. The first-order chi connectivity index (χ1) is 5.13. The molecule has 1 rings (SSSR count). The first kappa shape index (κ1) is 8.14. The van der Waals surface area contributed by atoms with Crippen LogP contribution in [0.15, 0.2) is 29.9 Å². The van der Waals surface area contributed by atoms with Gasteiger partial charge in [0.05, 0.1) is 6.26 Å². The smallest absolute Gasteiger partial charge is 0.175 e. The fraction of sp³-hybridized carbons (Fsp3) is 0. The van der Waals surface area contributed by atoms with Gasteiger partial charge >= 0.3 is 0 Å². The molecule has 11 heavy (non-hydrogen) atoms. The number of rotatable bonds is 2. The van der Waals surface area contributed by atoms with Gasteiger partial charge in [0, 0.05) is 10.0 Å². The van der Waals surface area contributed by atoms with Gasteiger partial charge in [-0.25, -0.2) is 0 Å². The lowest BCUT2D eigenvalue weighted by Crippen LogP contribution is -1.80. The van der Waals surface area contributed by atoms with E-state index in [1.807, 2.05) is 0 Å². The van der Waals surface area contributed by atoms with Crippen LogP contribution in [-0.2, 0) is 0 Å². The maximum absolute atomic E-state index is 8.99. The van der Waals surface area contributed by atoms with Crippen LogP contribution in [0.4, 0.5) is 0 Å². The van der Waals surface area contributed by atoms with Crippen LogP contribution in [0.3, 0.4) is 0 Å². The van der Waals surface area contributed by atoms with Crippen molar-refractivity contribution in [3.63, 3.8) is 0 Å². The molecule has 0 bridgehead atoms. The summed E-state index contributed by atoms with van der Waals surface area (Å²) in [7, 11) is 0. The Morgan fingerprint density at radius 3 is 2.55 bits per heavy atom. The minimum Gasteiger partial charge on any atom is -0.505 e. The van der Waals surface area contributed by atoms with Gasteiger partial charge < -0.3 is 9.52 Å². The Labute approximate surface area is 73.0 Å². The van der Waals surface area contributed by atoms with Crippen molar-refractivity contribution in [2.45, 2.75) is 0 Å². The molecule has 0 atom stereocenters. The van der Waals surface area contributed by atoms with Crippen molar-refractivity contribution in [2.24, 2.45) is 0 Å². The summed E-state index contributed by atoms with van der Waals surface area (Å²) in [6, 6.07) is 1.70. The molecule has 0 aliphatic rings. The monoisotopic (exact) mass is 214 g/mol. The molecule has 1 aromatic heterocycles. The predicted molar refractivity (Wildman–Crippen MR) is 48.3 cm³/mol. The third-order valence-corrected chi connectivity index (χ3v) is 1.65. The molecule has 0 aliphatic heterocycles. The quantitative estimate of drug-likeness (QED) is 0.768. The largest absolute Gasteiger partial charge is 0.505 e. The van der Waals surface area contributed by atoms with Crippen LogP contribution in [0.5, 0.6) is 0 Å². The molecule has 0 aromatic carbocycles. The minimum absolute atomic E-state index is 0.0920. The van der Waals surface area contributed by atoms with E-state index >= 15 is 0 Å². The van der Waals surface area contributed by atoms with Crippen LogP contribution < -0.4 is 0 Å². The molecule has 0 spiro atoms. The number of hydrogen-bond donors (Lipinski definition) is 1. The zero-order chi connectivity index (χ0) is 8.43. The summed E-state index contributed by atoms with van der Waals surface area (Å²) in [4.78, 5) is 0. The summed E-state index contributed by atoms with van der Waals surface area (Å²) in [6.07, 6.45) is 1.47. The maximum atomic E-state index is 8.99. The molecule has 0 saturated heterocycles. The molecule has 58 valence electrons. The molecule has 1 heterocycles. The van der Waals surface area contributed by atoms with Crippen molar-refractivity contribution in [1.82, 2.24) is 0 Å². The summed E-state index contributed by atoms with van der Waals surface area (Å²) in [6.45, 7) is 6.99. The summed E-state index contributed by atoms with van der Waals surface area (Å²) in [5.74, 6) is 0.262. The molecule has 2 nitrogen and oxygen atoms in total. The second-order valence-electron chi connectivity index (χ2n) is 2.01. The third-order valence-electron chi connectivity index (χ3n) is 1.22. The molecular formula is C8H7BrO2. The zero-order valence-electron chi connectivity index (χ0n) is 5.80. The summed E-state index contributed by atoms with van der Waals surface area (Å²) < 4.78 is 5.61. The Balaban J connectivity index is 3.16. The van der Waals surface area contributed by atoms with Crippen molar-refractivity contribution < 1.29 is 9.52 Å². The highest BCUT2D eigenvalue weighted by Crippen LogP contribution is 2.26. The van der Waals surface area contributed by atoms with Crippen LogP contribution in [0.1, 0.15) is 11.3 Å². The summed E-state index contributed by atoms with van der Waals surface area (Å²) in [5.41, 5.74) is 0.720. The first-order valence-corrected chi connectivity index (χ1v) is 3.72. The van der Waals surface area contributed by atoms with Crippen molar-refractivity contribution >= 4 is 26.2 Å². The Hall–Kier alpha value is -0.960. The van der Waals surface area contributed by atoms with Gasteiger partial charge in [0.25, 0.3) is 0 Å². The van der Waals surface area contributed by atoms with E-state index in [0.717, 1.165) is 5.56 Å². The van der Waals surface area contributed by atoms with E-state index in [2.05, 4.69) is 29.1 Å². The van der Waals surface area contributed by atoms with E-state index in [1.165, 1.54) is 6.26 Å². The number of aliphatic hydroxyl groups is 1. The number of halogens is 1. The summed E-state index contributed by atoms with van der Waals surface area (Å²) in [5, 5.41) is 8.99. The standard InChI is InChI=1S/C8H7BrO2/c1-5(9)7-3-4-11-8(7)6(2)10/h3-4,10H,1-2H2. The Kier molecular flexibility index (Phi) is 2.19. The predicted octanol–water partition coefficient (Wildman–Crippen LogP) is 3.17. The van der Waals surface area contributed by atoms with E-state index in [4.69, 9.17) is 9.52 Å². The molecular weight excluding hydrogens is 208 g/mol. The van der Waals surface area contributed by atoms with Crippen molar-refractivity contribution in [1.29, 1.82) is 0 Å². The molecule has 0 fully saturated rings. The fourth-order valence-electron chi connectivity index (χ4n) is 0.746. The lowest BCUT2D eigenvalue weighted by molar-refractivity contribution is 0.460. The molecule has 3 heteroatoms. The average molecular weight is 215 g/mol. The number of hydrogen-bond acceptors (Lipinski definition) is 2. The Morgan fingerprint density at radius 1 is 1.55 bits per heavy atom. The van der Waals surface area contributed by atoms with Crippen LogP contribution >= 0.6 is 15.9 Å². The first-order valence-electron chi connectivity index (χ1n) is 2.93. The van der Waals surface area contributed by atoms with Gasteiger partial charge in [0.1, 0.15) is 0 Å². The fourth-order valence-corrected chi connectivity index (χ4v) is 1.06. The van der Waals surface area contributed by atoms with Crippen LogP contribution in [0.2, 0.25) is 0 Å². The van der Waals surface area contributed by atoms with Crippen molar-refractivity contribution in [3.8, 4) is 0 Å². The summed E-state index contributed by atoms with van der Waals surface area (Å²) >= 11 is 3.17. The van der Waals surface area contributed by atoms with Gasteiger partial charge in [-0.15, -0.1) is 0 Å². The van der Waals surface area contributed by atoms with Crippen molar-refractivity contribution in [2.75, 3.05) is 0 Å². The van der Waals surface area contributed by atoms with E-state index in [0.29, 0.717) is 10.2 Å². The third kappa shape index (κ3) is 1.54. The van der Waals surface area contributed by atoms with Gasteiger partial charge in [-0.1, -0.05) is 29.1 Å². The molecule has 0 radical (unpaired) electrons. The lowest BCUT2D eigenvalue weighted by Gasteiger charge is -1.96. The number of furan rings is 1. The van der Waals surface area contributed by atoms with Crippen LogP contribution in [-0.4, -0.2) is 5.11 Å². The highest BCUT2D eigenvalue weighted by molar-refractivity contribution is 9.15. The Morgan fingerprint density at radius 2 is 2.18 bits per heavy atom. The van der Waals surface area contributed by atoms with E-state index in [9.17, 15) is 0 Å². The van der Waals surface area contributed by atoms with E-state index in [-0.39, 0.29) is 5.76 Å². The topological polar surface area (TPSA) is 33.4 Å². The van der Waals surface area contributed by atoms with Gasteiger partial charge in [0.2, 0.25) is 0 Å². The molecule has 1 N–H and O–H groups in total. The molecule has 0 saturated carbocycles. The zero-order valence-corrected chi connectivity index (χ0v) is 7.39. The average Bonchev–Trinajstić information content (AvgIpc) is 2.32. The minimum atomic E-state index is -0.0920. The SMILES string of the molecule is C=C(Br)c1ccoc1C(=C)O. The van der Waals surface area contributed by atoms with Crippen LogP contribution in [0.25, 0.3) is 10.2 Å². The lowest BCUT2D eigenvalue weighted by atomic mass is 10.2. The van der Waals surface area contributed by atoms with Crippen LogP contribution in [0, 0.1) is 0 Å². The normalized spacial score (nSPS) is 9.55. The maximum Gasteiger partial charge on any atom is 0.175 e. The van der Waals surface area contributed by atoms with Gasteiger partial charge in [-0.3, -0.25) is 0 Å². The van der Waals surface area contributed by atoms with E-state index < -0.39 is 0 Å². The number of aliphatic hydroxyl groups excluding tert-OH is 1. The molecule has 0 unspecified atom stereocenters. The second-order valence-corrected chi connectivity index (χ2v) is 2.97.